The first kappa shape index (κ1) is 13.0. The lowest BCUT2D eigenvalue weighted by molar-refractivity contribution is 0.419. The molecule has 2 heteroatoms. The van der Waals surface area contributed by atoms with Gasteiger partial charge in [-0.15, -0.1) is 0 Å². The van der Waals surface area contributed by atoms with Gasteiger partial charge in [-0.3, -0.25) is 0 Å². The molecule has 0 atom stereocenters. The summed E-state index contributed by atoms with van der Waals surface area (Å²) in [5.74, 6) is 0. The summed E-state index contributed by atoms with van der Waals surface area (Å²) in [4.78, 5) is 2.30. The van der Waals surface area contributed by atoms with E-state index in [9.17, 15) is 0 Å². The zero-order valence-corrected chi connectivity index (χ0v) is 11.2. The van der Waals surface area contributed by atoms with Crippen LogP contribution in [0.5, 0.6) is 0 Å². The number of nitrogens with zero attached hydrogens (tertiary/aromatic N) is 1. The molecule has 0 unspecified atom stereocenters. The Morgan fingerprint density at radius 3 is 2.31 bits per heavy atom. The van der Waals surface area contributed by atoms with E-state index in [1.165, 1.54) is 16.8 Å². The molecule has 0 spiro atoms. The van der Waals surface area contributed by atoms with Crippen LogP contribution in [0.25, 0.3) is 0 Å². The van der Waals surface area contributed by atoms with Gasteiger partial charge in [0.25, 0.3) is 0 Å². The van der Waals surface area contributed by atoms with E-state index in [-0.39, 0.29) is 0 Å². The maximum Gasteiger partial charge on any atom is 0.0366 e. The minimum absolute atomic E-state index is 0.315. The summed E-state index contributed by atoms with van der Waals surface area (Å²) in [6.07, 6.45) is 0. The van der Waals surface area contributed by atoms with Gasteiger partial charge in [-0.2, -0.15) is 0 Å². The zero-order chi connectivity index (χ0) is 12.3. The van der Waals surface area contributed by atoms with Crippen molar-refractivity contribution in [1.82, 2.24) is 0 Å². The van der Waals surface area contributed by atoms with E-state index in [0.717, 1.165) is 6.54 Å². The monoisotopic (exact) mass is 220 g/mol. The van der Waals surface area contributed by atoms with Crippen molar-refractivity contribution in [3.8, 4) is 0 Å². The Kier molecular flexibility index (Phi) is 3.98. The standard InChI is InChI=1S/C14H24N2/c1-11-8-13(7-6-12(11)9-15)16(5)10-14(2,3)4/h6-8H,9-10,15H2,1-5H3. The van der Waals surface area contributed by atoms with Crippen molar-refractivity contribution in [2.75, 3.05) is 18.5 Å². The lowest BCUT2D eigenvalue weighted by Gasteiger charge is -2.28. The van der Waals surface area contributed by atoms with Crippen LogP contribution in [-0.2, 0) is 6.54 Å². The van der Waals surface area contributed by atoms with Crippen LogP contribution in [-0.4, -0.2) is 13.6 Å². The van der Waals surface area contributed by atoms with E-state index in [1.807, 2.05) is 0 Å². The average molecular weight is 220 g/mol. The highest BCUT2D eigenvalue weighted by Gasteiger charge is 2.14. The molecule has 0 radical (unpaired) electrons. The molecule has 1 rings (SSSR count). The lowest BCUT2D eigenvalue weighted by atomic mass is 9.96. The zero-order valence-electron chi connectivity index (χ0n) is 11.2. The van der Waals surface area contributed by atoms with Crippen molar-refractivity contribution < 1.29 is 0 Å². The fourth-order valence-electron chi connectivity index (χ4n) is 1.95. The fourth-order valence-corrected chi connectivity index (χ4v) is 1.95. The highest BCUT2D eigenvalue weighted by atomic mass is 15.1. The van der Waals surface area contributed by atoms with Crippen LogP contribution in [0, 0.1) is 12.3 Å². The summed E-state index contributed by atoms with van der Waals surface area (Å²) in [6, 6.07) is 6.50. The molecule has 2 N–H and O–H groups in total. The molecule has 0 amide bonds. The molecule has 0 aliphatic heterocycles. The van der Waals surface area contributed by atoms with E-state index in [0.29, 0.717) is 12.0 Å². The normalized spacial score (nSPS) is 11.6. The van der Waals surface area contributed by atoms with Crippen LogP contribution in [0.3, 0.4) is 0 Å². The van der Waals surface area contributed by atoms with Crippen molar-refractivity contribution in [3.05, 3.63) is 29.3 Å². The summed E-state index contributed by atoms with van der Waals surface area (Å²) in [7, 11) is 2.14. The third kappa shape index (κ3) is 3.53. The minimum atomic E-state index is 0.315. The van der Waals surface area contributed by atoms with Crippen molar-refractivity contribution in [2.45, 2.75) is 34.2 Å². The summed E-state index contributed by atoms with van der Waals surface area (Å²) >= 11 is 0. The Morgan fingerprint density at radius 2 is 1.88 bits per heavy atom. The van der Waals surface area contributed by atoms with Gasteiger partial charge in [0.05, 0.1) is 0 Å². The van der Waals surface area contributed by atoms with Gasteiger partial charge in [0, 0.05) is 25.8 Å². The quantitative estimate of drug-likeness (QED) is 0.848. The maximum absolute atomic E-state index is 5.66. The number of hydrogen-bond donors (Lipinski definition) is 1. The van der Waals surface area contributed by atoms with Gasteiger partial charge >= 0.3 is 0 Å². The van der Waals surface area contributed by atoms with E-state index in [2.05, 4.69) is 57.8 Å². The molecule has 0 aliphatic rings. The molecule has 1 aromatic carbocycles. The predicted octanol–water partition coefficient (Wildman–Crippen LogP) is 2.94. The molecule has 0 aliphatic carbocycles. The van der Waals surface area contributed by atoms with Crippen LogP contribution < -0.4 is 10.6 Å². The van der Waals surface area contributed by atoms with Crippen LogP contribution in [0.15, 0.2) is 18.2 Å². The summed E-state index contributed by atoms with van der Waals surface area (Å²) < 4.78 is 0. The minimum Gasteiger partial charge on any atom is -0.374 e. The third-order valence-corrected chi connectivity index (χ3v) is 2.70. The van der Waals surface area contributed by atoms with Crippen LogP contribution in [0.1, 0.15) is 31.9 Å². The molecule has 1 aromatic rings. The molecule has 0 heterocycles. The molecule has 90 valence electrons. The number of nitrogens with two attached hydrogens (primary N) is 1. The molecule has 0 fully saturated rings. The Labute approximate surface area is 99.5 Å². The smallest absolute Gasteiger partial charge is 0.0366 e. The Bertz CT molecular complexity index is 350. The molecule has 0 saturated heterocycles. The summed E-state index contributed by atoms with van der Waals surface area (Å²) in [5, 5.41) is 0. The Balaban J connectivity index is 2.85. The van der Waals surface area contributed by atoms with E-state index < -0.39 is 0 Å². The molecule has 0 bridgehead atoms. The highest BCUT2D eigenvalue weighted by molar-refractivity contribution is 5.50. The van der Waals surface area contributed by atoms with Crippen LogP contribution in [0.4, 0.5) is 5.69 Å². The third-order valence-electron chi connectivity index (χ3n) is 2.70. The summed E-state index contributed by atoms with van der Waals surface area (Å²) in [5.41, 5.74) is 9.76. The van der Waals surface area contributed by atoms with Crippen LogP contribution in [0.2, 0.25) is 0 Å². The molecule has 16 heavy (non-hydrogen) atoms. The van der Waals surface area contributed by atoms with E-state index >= 15 is 0 Å². The van der Waals surface area contributed by atoms with Gasteiger partial charge in [0.1, 0.15) is 0 Å². The SMILES string of the molecule is Cc1cc(N(C)CC(C)(C)C)ccc1CN. The second-order valence-electron chi connectivity index (χ2n) is 5.73. The molecule has 0 saturated carbocycles. The van der Waals surface area contributed by atoms with Crippen LogP contribution >= 0.6 is 0 Å². The van der Waals surface area contributed by atoms with Gasteiger partial charge < -0.3 is 10.6 Å². The molecule has 0 aromatic heterocycles. The van der Waals surface area contributed by atoms with E-state index in [1.54, 1.807) is 0 Å². The van der Waals surface area contributed by atoms with Crippen molar-refractivity contribution >= 4 is 5.69 Å². The molecular weight excluding hydrogens is 196 g/mol. The predicted molar refractivity (Wildman–Crippen MR) is 71.8 cm³/mol. The second-order valence-corrected chi connectivity index (χ2v) is 5.73. The topological polar surface area (TPSA) is 29.3 Å². The largest absolute Gasteiger partial charge is 0.374 e. The lowest BCUT2D eigenvalue weighted by Crippen LogP contribution is -2.29. The van der Waals surface area contributed by atoms with Crippen molar-refractivity contribution in [1.29, 1.82) is 0 Å². The summed E-state index contributed by atoms with van der Waals surface area (Å²) in [6.45, 7) is 10.6. The molecule has 2 nitrogen and oxygen atoms in total. The van der Waals surface area contributed by atoms with Gasteiger partial charge in [-0.1, -0.05) is 26.8 Å². The fraction of sp³-hybridized carbons (Fsp3) is 0.571. The number of rotatable bonds is 3. The Hall–Kier alpha value is -1.02. The van der Waals surface area contributed by atoms with Gasteiger partial charge in [0.2, 0.25) is 0 Å². The van der Waals surface area contributed by atoms with Gasteiger partial charge in [-0.05, 0) is 35.6 Å². The number of anilines is 1. The second kappa shape index (κ2) is 4.88. The Morgan fingerprint density at radius 1 is 1.25 bits per heavy atom. The van der Waals surface area contributed by atoms with Crippen molar-refractivity contribution in [2.24, 2.45) is 11.1 Å². The highest BCUT2D eigenvalue weighted by Crippen LogP contribution is 2.22. The average Bonchev–Trinajstić information content (AvgIpc) is 2.15. The number of benzene rings is 1. The first-order valence-electron chi connectivity index (χ1n) is 5.84. The van der Waals surface area contributed by atoms with Gasteiger partial charge in [-0.25, -0.2) is 0 Å². The number of aryl methyl sites for hydroxylation is 1. The maximum atomic E-state index is 5.66. The van der Waals surface area contributed by atoms with Gasteiger partial charge in [0.15, 0.2) is 0 Å². The van der Waals surface area contributed by atoms with E-state index in [4.69, 9.17) is 5.73 Å². The molecular formula is C14H24N2. The number of hydrogen-bond acceptors (Lipinski definition) is 2. The van der Waals surface area contributed by atoms with Crippen molar-refractivity contribution in [3.63, 3.8) is 0 Å². The first-order valence-corrected chi connectivity index (χ1v) is 5.84. The first-order chi connectivity index (χ1) is 7.33.